The van der Waals surface area contributed by atoms with Crippen molar-refractivity contribution < 1.29 is 6.93 Å². The Morgan fingerprint density at radius 3 is 1.50 bits per heavy atom. The summed E-state index contributed by atoms with van der Waals surface area (Å²) in [7, 11) is 0. The standard InChI is InChI=1S/CH3AsF2/c1-2(3)4/h1H3. The summed E-state index contributed by atoms with van der Waals surface area (Å²) in [5, 5.41) is 0. The second kappa shape index (κ2) is 1.71. The Morgan fingerprint density at radius 2 is 1.50 bits per heavy atom. The van der Waals surface area contributed by atoms with Crippen molar-refractivity contribution in [1.82, 2.24) is 0 Å². The molecular formula is CH3AsF2. The van der Waals surface area contributed by atoms with E-state index in [9.17, 15) is 6.93 Å². The molecule has 0 aromatic heterocycles. The normalized spacial score (nSPS) is 9.00. The molecule has 0 aromatic rings. The van der Waals surface area contributed by atoms with Crippen molar-refractivity contribution in [3.05, 3.63) is 0 Å². The van der Waals surface area contributed by atoms with Crippen LogP contribution in [0.25, 0.3) is 0 Å². The number of rotatable bonds is 0. The molecule has 0 fully saturated rings. The van der Waals surface area contributed by atoms with Gasteiger partial charge in [-0.15, -0.1) is 0 Å². The Bertz CT molecular complexity index is 10.8. The van der Waals surface area contributed by atoms with E-state index in [1.807, 2.05) is 0 Å². The molecule has 0 aliphatic rings. The van der Waals surface area contributed by atoms with Crippen molar-refractivity contribution in [2.24, 2.45) is 0 Å². The summed E-state index contributed by atoms with van der Waals surface area (Å²) in [6, 6.07) is 0. The number of hydrogen-bond donors (Lipinski definition) is 0. The molecule has 0 saturated heterocycles. The van der Waals surface area contributed by atoms with E-state index in [1.54, 1.807) is 0 Å². The van der Waals surface area contributed by atoms with E-state index < -0.39 is 15.6 Å². The molecule has 0 heterocycles. The van der Waals surface area contributed by atoms with Crippen LogP contribution >= 0.6 is 0 Å². The third kappa shape index (κ3) is 27.8. The van der Waals surface area contributed by atoms with Crippen LogP contribution in [0.3, 0.4) is 0 Å². The van der Waals surface area contributed by atoms with Gasteiger partial charge in [-0.3, -0.25) is 0 Å². The molecule has 0 bridgehead atoms. The van der Waals surface area contributed by atoms with Crippen molar-refractivity contribution in [1.29, 1.82) is 0 Å². The maximum absolute atomic E-state index is 10.5. The summed E-state index contributed by atoms with van der Waals surface area (Å²) in [5.41, 5.74) is 0.979. The topological polar surface area (TPSA) is 0 Å². The monoisotopic (exact) mass is 128 g/mol. The van der Waals surface area contributed by atoms with Crippen LogP contribution in [-0.4, -0.2) is 15.6 Å². The van der Waals surface area contributed by atoms with Crippen LogP contribution in [0.2, 0.25) is 5.71 Å². The predicted octanol–water partition coefficient (Wildman–Crippen LogP) is 1.04. The van der Waals surface area contributed by atoms with Crippen LogP contribution in [0.15, 0.2) is 0 Å². The first-order valence-corrected chi connectivity index (χ1v) is 4.08. The summed E-state index contributed by atoms with van der Waals surface area (Å²) in [5.74, 6) is 0. The van der Waals surface area contributed by atoms with Gasteiger partial charge in [0.15, 0.2) is 0 Å². The minimum atomic E-state index is -3.19. The zero-order chi connectivity index (χ0) is 3.58. The first kappa shape index (κ1) is 4.42. The van der Waals surface area contributed by atoms with E-state index in [-0.39, 0.29) is 0 Å². The van der Waals surface area contributed by atoms with E-state index >= 15 is 0 Å². The van der Waals surface area contributed by atoms with Crippen LogP contribution < -0.4 is 0 Å². The molecule has 26 valence electrons. The van der Waals surface area contributed by atoms with E-state index in [4.69, 9.17) is 0 Å². The van der Waals surface area contributed by atoms with Crippen LogP contribution in [0.1, 0.15) is 0 Å². The van der Waals surface area contributed by atoms with Crippen molar-refractivity contribution >= 4 is 15.6 Å². The number of hydrogen-bond acceptors (Lipinski definition) is 0. The minimum absolute atomic E-state index is 0.979. The van der Waals surface area contributed by atoms with E-state index in [2.05, 4.69) is 0 Å². The first-order valence-electron chi connectivity index (χ1n) is 0.785. The van der Waals surface area contributed by atoms with Gasteiger partial charge in [0.25, 0.3) is 0 Å². The molecule has 0 atom stereocenters. The van der Waals surface area contributed by atoms with Crippen molar-refractivity contribution in [3.8, 4) is 0 Å². The van der Waals surface area contributed by atoms with E-state index in [0.717, 1.165) is 5.71 Å². The second-order valence-electron chi connectivity index (χ2n) is 0.402. The SMILES string of the molecule is C[As](F)F. The summed E-state index contributed by atoms with van der Waals surface area (Å²) in [6.07, 6.45) is 0. The molecule has 0 aromatic carbocycles. The van der Waals surface area contributed by atoms with E-state index in [1.165, 1.54) is 0 Å². The van der Waals surface area contributed by atoms with Crippen molar-refractivity contribution in [2.75, 3.05) is 0 Å². The molecule has 0 aliphatic heterocycles. The molecule has 0 amide bonds. The van der Waals surface area contributed by atoms with Crippen molar-refractivity contribution in [3.63, 3.8) is 0 Å². The fourth-order valence-corrected chi connectivity index (χ4v) is 0. The predicted molar refractivity (Wildman–Crippen MR) is 13.8 cm³/mol. The van der Waals surface area contributed by atoms with Crippen LogP contribution in [0, 0.1) is 0 Å². The van der Waals surface area contributed by atoms with Gasteiger partial charge in [-0.1, -0.05) is 0 Å². The third-order valence-corrected chi connectivity index (χ3v) is 0. The summed E-state index contributed by atoms with van der Waals surface area (Å²) >= 11 is -3.19. The van der Waals surface area contributed by atoms with Gasteiger partial charge in [0.2, 0.25) is 0 Å². The third-order valence-electron chi connectivity index (χ3n) is 0. The molecule has 0 spiro atoms. The Kier molecular flexibility index (Phi) is 1.89. The molecule has 0 rings (SSSR count). The Hall–Kier alpha value is 0.418. The van der Waals surface area contributed by atoms with Crippen molar-refractivity contribution in [2.45, 2.75) is 5.71 Å². The van der Waals surface area contributed by atoms with Gasteiger partial charge in [0.1, 0.15) is 0 Å². The molecule has 0 radical (unpaired) electrons. The molecule has 4 heavy (non-hydrogen) atoms. The van der Waals surface area contributed by atoms with Gasteiger partial charge in [-0.05, 0) is 0 Å². The van der Waals surface area contributed by atoms with Gasteiger partial charge in [-0.2, -0.15) is 0 Å². The average Bonchev–Trinajstić information content (AvgIpc) is 0.811. The average molecular weight is 128 g/mol. The molecule has 0 aliphatic carbocycles. The fourth-order valence-electron chi connectivity index (χ4n) is 0. The van der Waals surface area contributed by atoms with Crippen LogP contribution in [0.5, 0.6) is 0 Å². The molecule has 0 nitrogen and oxygen atoms in total. The molecule has 0 saturated carbocycles. The van der Waals surface area contributed by atoms with Crippen LogP contribution in [0.4, 0.5) is 6.93 Å². The Morgan fingerprint density at radius 1 is 1.50 bits per heavy atom. The van der Waals surface area contributed by atoms with Gasteiger partial charge < -0.3 is 0 Å². The van der Waals surface area contributed by atoms with E-state index in [0.29, 0.717) is 0 Å². The Labute approximate surface area is 29.1 Å². The Balaban J connectivity index is 2.32. The zero-order valence-electron chi connectivity index (χ0n) is 2.20. The maximum atomic E-state index is 10.5. The van der Waals surface area contributed by atoms with Gasteiger partial charge in [0, 0.05) is 0 Å². The van der Waals surface area contributed by atoms with Gasteiger partial charge in [-0.25, -0.2) is 0 Å². The molecular weight excluding hydrogens is 125 g/mol. The molecule has 0 unspecified atom stereocenters. The van der Waals surface area contributed by atoms with Gasteiger partial charge in [0.05, 0.1) is 0 Å². The summed E-state index contributed by atoms with van der Waals surface area (Å²) < 4.78 is 21.0. The fraction of sp³-hybridized carbons (Fsp3) is 1.00. The molecule has 3 heteroatoms. The summed E-state index contributed by atoms with van der Waals surface area (Å²) in [4.78, 5) is 0. The number of halogens is 2. The molecule has 0 N–H and O–H groups in total. The summed E-state index contributed by atoms with van der Waals surface area (Å²) in [6.45, 7) is 0. The first-order chi connectivity index (χ1) is 1.73. The zero-order valence-corrected chi connectivity index (χ0v) is 4.08. The van der Waals surface area contributed by atoms with Crippen LogP contribution in [-0.2, 0) is 0 Å². The van der Waals surface area contributed by atoms with Gasteiger partial charge >= 0.3 is 28.2 Å². The quantitative estimate of drug-likeness (QED) is 0.427. The second-order valence-corrected chi connectivity index (χ2v) is 2.09.